The second kappa shape index (κ2) is 16.0. The Morgan fingerprint density at radius 2 is 1.69 bits per heavy atom. The molecular weight excluding hydrogens is 628 g/mol. The standard InChI is InChI=1S/C36H48N6O7/c1-21(2)15-26(29-20-42(34(47)28(39-29)18-31(43)44)30(32(37)45)16-22-11-7-6-8-12-22)40-33(46)27(41-35(48)49-36(3,4)5)17-23-19-38-25-14-10-9-13-24(23)25/h6-14,19,21,26-30,38-39H,15-18,20H2,1-5H3,(H2,37,45)(H,40,46)(H,41,48)(H,43,44)/t26-,27-,28-,29-,30-/m0/s1. The Bertz CT molecular complexity index is 1630. The van der Waals surface area contributed by atoms with E-state index in [1.165, 1.54) is 4.90 Å². The molecule has 0 bridgehead atoms. The van der Waals surface area contributed by atoms with Crippen molar-refractivity contribution in [2.45, 2.75) is 96.1 Å². The molecule has 1 aliphatic heterocycles. The Hall–Kier alpha value is -4.91. The fraction of sp³-hybridized carbons (Fsp3) is 0.472. The number of primary amides is 1. The summed E-state index contributed by atoms with van der Waals surface area (Å²) >= 11 is 0. The van der Waals surface area contributed by atoms with Crippen LogP contribution in [0.1, 0.15) is 58.6 Å². The number of H-pyrrole nitrogens is 1. The van der Waals surface area contributed by atoms with Crippen molar-refractivity contribution >= 4 is 40.7 Å². The minimum atomic E-state index is -1.20. The van der Waals surface area contributed by atoms with Crippen molar-refractivity contribution in [3.8, 4) is 0 Å². The first-order valence-corrected chi connectivity index (χ1v) is 16.6. The maximum atomic E-state index is 14.2. The highest BCUT2D eigenvalue weighted by Gasteiger charge is 2.43. The van der Waals surface area contributed by atoms with Gasteiger partial charge in [0.2, 0.25) is 17.7 Å². The molecule has 2 aromatic carbocycles. The number of carbonyl (C=O) groups is 5. The zero-order valence-corrected chi connectivity index (χ0v) is 28.7. The van der Waals surface area contributed by atoms with Gasteiger partial charge < -0.3 is 36.1 Å². The van der Waals surface area contributed by atoms with Gasteiger partial charge in [0.15, 0.2) is 0 Å². The lowest BCUT2D eigenvalue weighted by atomic mass is 9.91. The number of alkyl carbamates (subject to hydrolysis) is 1. The molecule has 13 nitrogen and oxygen atoms in total. The van der Waals surface area contributed by atoms with Gasteiger partial charge in [-0.2, -0.15) is 0 Å². The summed E-state index contributed by atoms with van der Waals surface area (Å²) in [5.41, 5.74) is 7.52. The third-order valence-corrected chi connectivity index (χ3v) is 8.39. The molecule has 0 radical (unpaired) electrons. The van der Waals surface area contributed by atoms with E-state index in [9.17, 15) is 29.1 Å². The summed E-state index contributed by atoms with van der Waals surface area (Å²) in [5.74, 6) is -2.90. The minimum Gasteiger partial charge on any atom is -0.481 e. The van der Waals surface area contributed by atoms with E-state index >= 15 is 0 Å². The number of nitrogens with zero attached hydrogens (tertiary/aromatic N) is 1. The second-order valence-corrected chi connectivity index (χ2v) is 14.0. The molecule has 0 saturated carbocycles. The summed E-state index contributed by atoms with van der Waals surface area (Å²) in [7, 11) is 0. The lowest BCUT2D eigenvalue weighted by Gasteiger charge is -2.44. The van der Waals surface area contributed by atoms with Crippen LogP contribution < -0.4 is 21.7 Å². The van der Waals surface area contributed by atoms with Crippen molar-refractivity contribution in [2.24, 2.45) is 11.7 Å². The van der Waals surface area contributed by atoms with Crippen molar-refractivity contribution in [2.75, 3.05) is 6.54 Å². The van der Waals surface area contributed by atoms with Crippen LogP contribution in [0.25, 0.3) is 10.9 Å². The topological polar surface area (TPSA) is 196 Å². The van der Waals surface area contributed by atoms with Gasteiger partial charge in [0, 0.05) is 48.6 Å². The smallest absolute Gasteiger partial charge is 0.408 e. The summed E-state index contributed by atoms with van der Waals surface area (Å²) in [4.78, 5) is 70.0. The highest BCUT2D eigenvalue weighted by atomic mass is 16.6. The summed E-state index contributed by atoms with van der Waals surface area (Å²) in [6.07, 6.45) is 1.24. The Kier molecular flexibility index (Phi) is 12.0. The summed E-state index contributed by atoms with van der Waals surface area (Å²) in [6, 6.07) is 12.2. The second-order valence-electron chi connectivity index (χ2n) is 14.0. The molecule has 49 heavy (non-hydrogen) atoms. The number of amides is 4. The van der Waals surface area contributed by atoms with Crippen molar-refractivity contribution in [1.82, 2.24) is 25.8 Å². The van der Waals surface area contributed by atoms with Crippen LogP contribution in [0, 0.1) is 5.92 Å². The fourth-order valence-corrected chi connectivity index (χ4v) is 6.23. The molecule has 13 heteroatoms. The summed E-state index contributed by atoms with van der Waals surface area (Å²) < 4.78 is 5.49. The number of ether oxygens (including phenoxy) is 1. The molecule has 1 saturated heterocycles. The van der Waals surface area contributed by atoms with E-state index in [2.05, 4.69) is 20.9 Å². The van der Waals surface area contributed by atoms with E-state index < -0.39 is 72.0 Å². The van der Waals surface area contributed by atoms with Crippen LogP contribution in [0.4, 0.5) is 4.79 Å². The summed E-state index contributed by atoms with van der Waals surface area (Å²) in [6.45, 7) is 9.12. The highest BCUT2D eigenvalue weighted by Crippen LogP contribution is 2.23. The van der Waals surface area contributed by atoms with Gasteiger partial charge in [-0.15, -0.1) is 0 Å². The first-order chi connectivity index (χ1) is 23.1. The molecule has 1 aliphatic rings. The van der Waals surface area contributed by atoms with Gasteiger partial charge in [-0.3, -0.25) is 24.5 Å². The Morgan fingerprint density at radius 3 is 2.33 bits per heavy atom. The third-order valence-electron chi connectivity index (χ3n) is 8.39. The highest BCUT2D eigenvalue weighted by molar-refractivity contribution is 5.92. The molecule has 2 heterocycles. The molecule has 0 spiro atoms. The quantitative estimate of drug-likeness (QED) is 0.150. The summed E-state index contributed by atoms with van der Waals surface area (Å²) in [5, 5.41) is 19.6. The van der Waals surface area contributed by atoms with Gasteiger partial charge in [-0.25, -0.2) is 4.79 Å². The number of fused-ring (bicyclic) bond motifs is 1. The van der Waals surface area contributed by atoms with E-state index in [0.29, 0.717) is 6.42 Å². The predicted molar refractivity (Wildman–Crippen MR) is 184 cm³/mol. The van der Waals surface area contributed by atoms with Crippen LogP contribution in [0.3, 0.4) is 0 Å². The van der Waals surface area contributed by atoms with Crippen molar-refractivity contribution in [3.05, 3.63) is 71.9 Å². The first-order valence-electron chi connectivity index (χ1n) is 16.6. The molecule has 0 aliphatic carbocycles. The molecule has 7 N–H and O–H groups in total. The number of carbonyl (C=O) groups excluding carboxylic acids is 4. The number of hydrogen-bond donors (Lipinski definition) is 6. The number of benzene rings is 2. The molecule has 264 valence electrons. The molecule has 4 amide bonds. The van der Waals surface area contributed by atoms with Crippen molar-refractivity contribution in [3.63, 3.8) is 0 Å². The maximum absolute atomic E-state index is 14.2. The van der Waals surface area contributed by atoms with E-state index in [1.807, 2.05) is 68.4 Å². The van der Waals surface area contributed by atoms with Crippen LogP contribution in [-0.4, -0.2) is 87.1 Å². The average Bonchev–Trinajstić information content (AvgIpc) is 3.42. The largest absolute Gasteiger partial charge is 0.481 e. The molecular formula is C36H48N6O7. The normalized spacial score (nSPS) is 18.5. The number of nitrogens with one attached hydrogen (secondary N) is 4. The number of para-hydroxylation sites is 1. The van der Waals surface area contributed by atoms with E-state index in [4.69, 9.17) is 10.5 Å². The van der Waals surface area contributed by atoms with Crippen LogP contribution in [0.5, 0.6) is 0 Å². The number of carboxylic acids is 1. The number of aromatic amines is 1. The van der Waals surface area contributed by atoms with Crippen molar-refractivity contribution < 1.29 is 33.8 Å². The number of aliphatic carboxylic acids is 1. The third kappa shape index (κ3) is 10.3. The molecule has 1 fully saturated rings. The monoisotopic (exact) mass is 676 g/mol. The zero-order chi connectivity index (χ0) is 35.9. The van der Waals surface area contributed by atoms with Crippen LogP contribution in [-0.2, 0) is 36.8 Å². The number of rotatable bonds is 14. The van der Waals surface area contributed by atoms with Gasteiger partial charge >= 0.3 is 12.1 Å². The number of carboxylic acid groups (broad SMARTS) is 1. The lowest BCUT2D eigenvalue weighted by Crippen LogP contribution is -2.69. The van der Waals surface area contributed by atoms with E-state index in [0.717, 1.165) is 22.0 Å². The Balaban J connectivity index is 1.65. The van der Waals surface area contributed by atoms with Gasteiger partial charge in [0.1, 0.15) is 17.7 Å². The van der Waals surface area contributed by atoms with E-state index in [1.54, 1.807) is 27.0 Å². The van der Waals surface area contributed by atoms with Gasteiger partial charge in [0.25, 0.3) is 0 Å². The molecule has 4 rings (SSSR count). The maximum Gasteiger partial charge on any atom is 0.408 e. The van der Waals surface area contributed by atoms with Crippen LogP contribution in [0.2, 0.25) is 0 Å². The molecule has 5 atom stereocenters. The van der Waals surface area contributed by atoms with Gasteiger partial charge in [-0.05, 0) is 50.3 Å². The van der Waals surface area contributed by atoms with Crippen LogP contribution in [0.15, 0.2) is 60.8 Å². The molecule has 1 aromatic heterocycles. The Morgan fingerprint density at radius 1 is 1.02 bits per heavy atom. The SMILES string of the molecule is CC(C)C[C@H](NC(=O)[C@H](Cc1c[nH]c2ccccc12)NC(=O)OC(C)(C)C)[C@@H]1CN([C@@H](Cc2ccccc2)C(N)=O)C(=O)[C@H](CC(=O)O)N1. The minimum absolute atomic E-state index is 0.0142. The number of nitrogens with two attached hydrogens (primary N) is 1. The average molecular weight is 677 g/mol. The zero-order valence-electron chi connectivity index (χ0n) is 28.7. The number of hydrogen-bond acceptors (Lipinski definition) is 7. The van der Waals surface area contributed by atoms with E-state index in [-0.39, 0.29) is 25.3 Å². The fourth-order valence-electron chi connectivity index (χ4n) is 6.23. The molecule has 3 aromatic rings. The predicted octanol–water partition coefficient (Wildman–Crippen LogP) is 2.87. The number of piperazine rings is 1. The Labute approximate surface area is 286 Å². The molecule has 0 unspecified atom stereocenters. The van der Waals surface area contributed by atoms with Gasteiger partial charge in [0.05, 0.1) is 12.5 Å². The van der Waals surface area contributed by atoms with Crippen LogP contribution >= 0.6 is 0 Å². The van der Waals surface area contributed by atoms with Crippen molar-refractivity contribution in [1.29, 1.82) is 0 Å². The number of aromatic nitrogens is 1. The van der Waals surface area contributed by atoms with Gasteiger partial charge in [-0.1, -0.05) is 62.4 Å². The first kappa shape index (κ1) is 36.9. The lowest BCUT2D eigenvalue weighted by molar-refractivity contribution is -0.149.